The molecule has 1 aliphatic heterocycles. The number of anilines is 1. The predicted molar refractivity (Wildman–Crippen MR) is 71.4 cm³/mol. The van der Waals surface area contributed by atoms with E-state index in [0.29, 0.717) is 0 Å². The van der Waals surface area contributed by atoms with Gasteiger partial charge in [-0.3, -0.25) is 0 Å². The average molecular weight is 240 g/mol. The van der Waals surface area contributed by atoms with Gasteiger partial charge in [0.2, 0.25) is 0 Å². The first-order chi connectivity index (χ1) is 8.76. The minimum atomic E-state index is 0.0338. The van der Waals surface area contributed by atoms with Gasteiger partial charge in [-0.25, -0.2) is 9.97 Å². The SMILES string of the molecule is NC1(C2CC2)CN(c2ncnc3ccccc23)C1. The Bertz CT molecular complexity index is 594. The van der Waals surface area contributed by atoms with Gasteiger partial charge in [0.25, 0.3) is 0 Å². The molecule has 4 nitrogen and oxygen atoms in total. The van der Waals surface area contributed by atoms with Crippen LogP contribution < -0.4 is 10.6 Å². The third kappa shape index (κ3) is 1.42. The summed E-state index contributed by atoms with van der Waals surface area (Å²) in [6.07, 6.45) is 4.25. The fourth-order valence-electron chi connectivity index (χ4n) is 2.97. The van der Waals surface area contributed by atoms with E-state index in [9.17, 15) is 0 Å². The number of hydrogen-bond acceptors (Lipinski definition) is 4. The van der Waals surface area contributed by atoms with Gasteiger partial charge >= 0.3 is 0 Å². The van der Waals surface area contributed by atoms with Crippen molar-refractivity contribution in [1.29, 1.82) is 0 Å². The third-order valence-corrected chi connectivity index (χ3v) is 4.18. The Balaban J connectivity index is 1.68. The maximum Gasteiger partial charge on any atom is 0.140 e. The molecule has 0 spiro atoms. The molecule has 2 aliphatic rings. The molecule has 0 unspecified atom stereocenters. The molecule has 2 N–H and O–H groups in total. The van der Waals surface area contributed by atoms with Gasteiger partial charge in [-0.15, -0.1) is 0 Å². The van der Waals surface area contributed by atoms with Gasteiger partial charge in [0.15, 0.2) is 0 Å². The molecule has 1 aliphatic carbocycles. The standard InChI is InChI=1S/C14H16N4/c15-14(10-5-6-10)7-18(8-14)13-11-3-1-2-4-12(11)16-9-17-13/h1-4,9-10H,5-8,15H2. The summed E-state index contributed by atoms with van der Waals surface area (Å²) in [7, 11) is 0. The van der Waals surface area contributed by atoms with E-state index in [1.165, 1.54) is 12.8 Å². The van der Waals surface area contributed by atoms with E-state index in [0.717, 1.165) is 35.7 Å². The molecule has 1 saturated heterocycles. The number of fused-ring (bicyclic) bond motifs is 1. The van der Waals surface area contributed by atoms with E-state index in [2.05, 4.69) is 20.9 Å². The van der Waals surface area contributed by atoms with Crippen LogP contribution in [0.2, 0.25) is 0 Å². The molecule has 2 heterocycles. The fourth-order valence-corrected chi connectivity index (χ4v) is 2.97. The number of nitrogens with zero attached hydrogens (tertiary/aromatic N) is 3. The van der Waals surface area contributed by atoms with Crippen molar-refractivity contribution in [3.63, 3.8) is 0 Å². The van der Waals surface area contributed by atoms with Crippen LogP contribution in [0.15, 0.2) is 30.6 Å². The first kappa shape index (κ1) is 10.3. The molecule has 4 heteroatoms. The number of rotatable bonds is 2. The van der Waals surface area contributed by atoms with Crippen LogP contribution in [0, 0.1) is 5.92 Å². The predicted octanol–water partition coefficient (Wildman–Crippen LogP) is 1.56. The van der Waals surface area contributed by atoms with Gasteiger partial charge in [-0.2, -0.15) is 0 Å². The number of nitrogens with two attached hydrogens (primary N) is 1. The Kier molecular flexibility index (Phi) is 1.95. The fraction of sp³-hybridized carbons (Fsp3) is 0.429. The number of hydrogen-bond donors (Lipinski definition) is 1. The second-order valence-electron chi connectivity index (χ2n) is 5.58. The molecule has 2 aromatic rings. The topological polar surface area (TPSA) is 55.0 Å². The molecule has 0 bridgehead atoms. The first-order valence-corrected chi connectivity index (χ1v) is 6.50. The van der Waals surface area contributed by atoms with Gasteiger partial charge in [-0.1, -0.05) is 12.1 Å². The summed E-state index contributed by atoms with van der Waals surface area (Å²) in [5, 5.41) is 1.12. The van der Waals surface area contributed by atoms with E-state index in [1.807, 2.05) is 18.2 Å². The maximum absolute atomic E-state index is 6.39. The van der Waals surface area contributed by atoms with Crippen molar-refractivity contribution in [2.75, 3.05) is 18.0 Å². The molecule has 1 aromatic carbocycles. The van der Waals surface area contributed by atoms with Crippen LogP contribution in [0.25, 0.3) is 10.9 Å². The zero-order chi connectivity index (χ0) is 12.2. The number of aromatic nitrogens is 2. The Morgan fingerprint density at radius 1 is 1.17 bits per heavy atom. The average Bonchev–Trinajstić information content (AvgIpc) is 3.19. The van der Waals surface area contributed by atoms with Crippen LogP contribution in [-0.4, -0.2) is 28.6 Å². The molecule has 0 atom stereocenters. The summed E-state index contributed by atoms with van der Waals surface area (Å²) < 4.78 is 0. The Morgan fingerprint density at radius 3 is 2.72 bits per heavy atom. The summed E-state index contributed by atoms with van der Waals surface area (Å²) in [4.78, 5) is 11.0. The zero-order valence-electron chi connectivity index (χ0n) is 10.2. The quantitative estimate of drug-likeness (QED) is 0.865. The van der Waals surface area contributed by atoms with Crippen LogP contribution in [0.1, 0.15) is 12.8 Å². The summed E-state index contributed by atoms with van der Waals surface area (Å²) in [6, 6.07) is 8.15. The highest BCUT2D eigenvalue weighted by Gasteiger charge is 2.50. The van der Waals surface area contributed by atoms with Crippen molar-refractivity contribution in [3.8, 4) is 0 Å². The van der Waals surface area contributed by atoms with Crippen molar-refractivity contribution >= 4 is 16.7 Å². The van der Waals surface area contributed by atoms with E-state index in [1.54, 1.807) is 6.33 Å². The van der Waals surface area contributed by atoms with Gasteiger partial charge in [0.1, 0.15) is 12.1 Å². The van der Waals surface area contributed by atoms with Crippen molar-refractivity contribution in [2.45, 2.75) is 18.4 Å². The highest BCUT2D eigenvalue weighted by molar-refractivity contribution is 5.89. The minimum Gasteiger partial charge on any atom is -0.352 e. The molecule has 4 rings (SSSR count). The molecule has 1 aromatic heterocycles. The van der Waals surface area contributed by atoms with E-state index in [-0.39, 0.29) is 5.54 Å². The van der Waals surface area contributed by atoms with Crippen molar-refractivity contribution < 1.29 is 0 Å². The first-order valence-electron chi connectivity index (χ1n) is 6.50. The lowest BCUT2D eigenvalue weighted by atomic mass is 9.85. The number of benzene rings is 1. The van der Waals surface area contributed by atoms with Crippen LogP contribution in [-0.2, 0) is 0 Å². The molecule has 0 amide bonds. The van der Waals surface area contributed by atoms with Crippen molar-refractivity contribution in [2.24, 2.45) is 11.7 Å². The number of para-hydroxylation sites is 1. The molecule has 1 saturated carbocycles. The molecular weight excluding hydrogens is 224 g/mol. The zero-order valence-corrected chi connectivity index (χ0v) is 10.2. The monoisotopic (exact) mass is 240 g/mol. The molecular formula is C14H16N4. The Labute approximate surface area is 106 Å². The third-order valence-electron chi connectivity index (χ3n) is 4.18. The van der Waals surface area contributed by atoms with Crippen molar-refractivity contribution in [3.05, 3.63) is 30.6 Å². The van der Waals surface area contributed by atoms with Crippen LogP contribution in [0.4, 0.5) is 5.82 Å². The van der Waals surface area contributed by atoms with E-state index in [4.69, 9.17) is 5.73 Å². The second kappa shape index (κ2) is 3.42. The Morgan fingerprint density at radius 2 is 1.94 bits per heavy atom. The second-order valence-corrected chi connectivity index (χ2v) is 5.58. The Hall–Kier alpha value is -1.68. The van der Waals surface area contributed by atoms with Crippen LogP contribution >= 0.6 is 0 Å². The maximum atomic E-state index is 6.39. The van der Waals surface area contributed by atoms with Gasteiger partial charge in [-0.05, 0) is 30.9 Å². The summed E-state index contributed by atoms with van der Waals surface area (Å²) in [5.74, 6) is 1.77. The van der Waals surface area contributed by atoms with E-state index >= 15 is 0 Å². The summed E-state index contributed by atoms with van der Waals surface area (Å²) in [5.41, 5.74) is 7.43. The highest BCUT2D eigenvalue weighted by atomic mass is 15.3. The molecule has 0 radical (unpaired) electrons. The molecule has 2 fully saturated rings. The highest BCUT2D eigenvalue weighted by Crippen LogP contribution is 2.44. The van der Waals surface area contributed by atoms with Gasteiger partial charge in [0, 0.05) is 18.5 Å². The largest absolute Gasteiger partial charge is 0.352 e. The molecule has 18 heavy (non-hydrogen) atoms. The summed E-state index contributed by atoms with van der Waals surface area (Å²) in [6.45, 7) is 1.86. The van der Waals surface area contributed by atoms with Crippen LogP contribution in [0.3, 0.4) is 0 Å². The lowest BCUT2D eigenvalue weighted by Gasteiger charge is -2.49. The summed E-state index contributed by atoms with van der Waals surface area (Å²) >= 11 is 0. The van der Waals surface area contributed by atoms with Crippen LogP contribution in [0.5, 0.6) is 0 Å². The lowest BCUT2D eigenvalue weighted by Crippen LogP contribution is -2.69. The molecule has 92 valence electrons. The van der Waals surface area contributed by atoms with Crippen molar-refractivity contribution in [1.82, 2.24) is 9.97 Å². The smallest absolute Gasteiger partial charge is 0.140 e. The van der Waals surface area contributed by atoms with Gasteiger partial charge < -0.3 is 10.6 Å². The minimum absolute atomic E-state index is 0.0338. The van der Waals surface area contributed by atoms with Gasteiger partial charge in [0.05, 0.1) is 11.1 Å². The van der Waals surface area contributed by atoms with E-state index < -0.39 is 0 Å². The normalized spacial score (nSPS) is 21.9. The lowest BCUT2D eigenvalue weighted by molar-refractivity contribution is 0.290.